The molecular weight excluding hydrogens is 441 g/mol. The van der Waals surface area contributed by atoms with E-state index in [0.717, 1.165) is 11.3 Å². The van der Waals surface area contributed by atoms with Gasteiger partial charge in [0.25, 0.3) is 0 Å². The number of anilines is 3. The number of Topliss-reactive ketones (excluding diaryl/α,β-unsaturated/α-hetero) is 1. The Labute approximate surface area is 196 Å². The van der Waals surface area contributed by atoms with Crippen LogP contribution in [0.15, 0.2) is 30.8 Å². The lowest BCUT2D eigenvalue weighted by atomic mass is 9.91. The second-order valence-electron chi connectivity index (χ2n) is 8.45. The third-order valence-corrected chi connectivity index (χ3v) is 6.17. The number of carbonyl (C=O) groups excluding carboxylic acids is 2. The van der Waals surface area contributed by atoms with Gasteiger partial charge in [-0.05, 0) is 44.0 Å². The van der Waals surface area contributed by atoms with E-state index in [0.29, 0.717) is 55.1 Å². The van der Waals surface area contributed by atoms with Crippen LogP contribution >= 0.6 is 11.3 Å². The second-order valence-corrected chi connectivity index (χ2v) is 9.47. The van der Waals surface area contributed by atoms with Gasteiger partial charge in [-0.15, -0.1) is 11.3 Å². The molecule has 174 valence electrons. The lowest BCUT2D eigenvalue weighted by molar-refractivity contribution is 0.0636. The lowest BCUT2D eigenvalue weighted by Crippen LogP contribution is -2.27. The van der Waals surface area contributed by atoms with E-state index in [1.54, 1.807) is 59.0 Å². The van der Waals surface area contributed by atoms with Crippen molar-refractivity contribution in [1.29, 1.82) is 0 Å². The summed E-state index contributed by atoms with van der Waals surface area (Å²) >= 11 is 1.11. The highest BCUT2D eigenvalue weighted by Crippen LogP contribution is 2.47. The smallest absolute Gasteiger partial charge is 0.412 e. The standard InChI is InChI=1S/C25H28FN3O3S/c1-7-13-14(9-10-16(20(13)27)18(30)8-2)15-11-12-17(26)22-19(15)21(28-6)23(33-22)29-24(31)32-25(3,4)5/h7,9-12,28H,1,8,27H2,2-6H3,(H,29,31). The van der Waals surface area contributed by atoms with E-state index in [9.17, 15) is 14.0 Å². The van der Waals surface area contributed by atoms with Gasteiger partial charge >= 0.3 is 6.09 Å². The predicted molar refractivity (Wildman–Crippen MR) is 136 cm³/mol. The first-order valence-electron chi connectivity index (χ1n) is 10.5. The summed E-state index contributed by atoms with van der Waals surface area (Å²) in [6.45, 7) is 10.9. The number of hydrogen-bond donors (Lipinski definition) is 3. The van der Waals surface area contributed by atoms with Crippen molar-refractivity contribution in [3.63, 3.8) is 0 Å². The van der Waals surface area contributed by atoms with Crippen LogP contribution in [0, 0.1) is 5.82 Å². The Kier molecular flexibility index (Phi) is 6.78. The van der Waals surface area contributed by atoms with Gasteiger partial charge in [-0.1, -0.05) is 31.7 Å². The molecule has 0 aliphatic heterocycles. The molecule has 8 heteroatoms. The molecule has 0 atom stereocenters. The van der Waals surface area contributed by atoms with E-state index in [-0.39, 0.29) is 5.78 Å². The summed E-state index contributed by atoms with van der Waals surface area (Å²) in [6.07, 6.45) is 1.29. The van der Waals surface area contributed by atoms with Gasteiger partial charge in [-0.2, -0.15) is 0 Å². The molecule has 1 heterocycles. The van der Waals surface area contributed by atoms with Crippen LogP contribution < -0.4 is 16.4 Å². The topological polar surface area (TPSA) is 93.5 Å². The van der Waals surface area contributed by atoms with E-state index >= 15 is 0 Å². The predicted octanol–water partition coefficient (Wildman–Crippen LogP) is 6.91. The van der Waals surface area contributed by atoms with Crippen molar-refractivity contribution < 1.29 is 18.7 Å². The first kappa shape index (κ1) is 24.3. The Morgan fingerprint density at radius 1 is 1.21 bits per heavy atom. The van der Waals surface area contributed by atoms with Gasteiger partial charge < -0.3 is 15.8 Å². The molecule has 4 N–H and O–H groups in total. The number of nitrogens with one attached hydrogen (secondary N) is 2. The summed E-state index contributed by atoms with van der Waals surface area (Å²) in [4.78, 5) is 24.7. The van der Waals surface area contributed by atoms with Crippen LogP contribution in [0.3, 0.4) is 0 Å². The Balaban J connectivity index is 2.24. The molecule has 0 saturated carbocycles. The highest BCUT2D eigenvalue weighted by atomic mass is 32.1. The minimum atomic E-state index is -0.676. The van der Waals surface area contributed by atoms with E-state index in [1.807, 2.05) is 0 Å². The average molecular weight is 470 g/mol. The minimum absolute atomic E-state index is 0.0679. The monoisotopic (exact) mass is 469 g/mol. The number of halogens is 1. The van der Waals surface area contributed by atoms with Gasteiger partial charge in [0.05, 0.1) is 16.1 Å². The summed E-state index contributed by atoms with van der Waals surface area (Å²) in [5.41, 5.74) is 8.97. The summed E-state index contributed by atoms with van der Waals surface area (Å²) in [5.74, 6) is -0.486. The number of thiophene rings is 1. The third-order valence-electron chi connectivity index (χ3n) is 5.06. The molecular formula is C25H28FN3O3S. The molecule has 3 aromatic rings. The van der Waals surface area contributed by atoms with Gasteiger partial charge in [0.15, 0.2) is 5.78 Å². The van der Waals surface area contributed by atoms with Gasteiger partial charge in [0.2, 0.25) is 0 Å². The normalized spacial score (nSPS) is 11.3. The molecule has 0 radical (unpaired) electrons. The zero-order valence-electron chi connectivity index (χ0n) is 19.4. The van der Waals surface area contributed by atoms with Crippen molar-refractivity contribution in [3.8, 4) is 11.1 Å². The second kappa shape index (κ2) is 9.23. The van der Waals surface area contributed by atoms with Crippen molar-refractivity contribution in [2.75, 3.05) is 23.4 Å². The number of rotatable bonds is 6. The molecule has 0 fully saturated rings. The molecule has 0 spiro atoms. The van der Waals surface area contributed by atoms with Crippen LogP contribution in [0.25, 0.3) is 27.3 Å². The number of nitrogens with two attached hydrogens (primary N) is 1. The van der Waals surface area contributed by atoms with Crippen LogP contribution in [-0.4, -0.2) is 24.5 Å². The fraction of sp³-hybridized carbons (Fsp3) is 0.280. The van der Waals surface area contributed by atoms with E-state index in [1.165, 1.54) is 6.07 Å². The molecule has 0 unspecified atom stereocenters. The van der Waals surface area contributed by atoms with Crippen molar-refractivity contribution in [2.24, 2.45) is 0 Å². The van der Waals surface area contributed by atoms with Crippen LogP contribution in [0.2, 0.25) is 0 Å². The van der Waals surface area contributed by atoms with Gasteiger partial charge in [-0.3, -0.25) is 10.1 Å². The minimum Gasteiger partial charge on any atom is -0.444 e. The van der Waals surface area contributed by atoms with E-state index in [2.05, 4.69) is 17.2 Å². The maximum Gasteiger partial charge on any atom is 0.412 e. The molecule has 0 bridgehead atoms. The molecule has 0 saturated heterocycles. The Bertz CT molecular complexity index is 1260. The highest BCUT2D eigenvalue weighted by molar-refractivity contribution is 7.24. The zero-order valence-corrected chi connectivity index (χ0v) is 20.2. The first-order valence-corrected chi connectivity index (χ1v) is 11.3. The number of nitrogen functional groups attached to an aromatic ring is 1. The summed E-state index contributed by atoms with van der Waals surface area (Å²) in [5, 5.41) is 6.82. The number of carbonyl (C=O) groups is 2. The summed E-state index contributed by atoms with van der Waals surface area (Å²) < 4.78 is 20.6. The number of ketones is 1. The fourth-order valence-electron chi connectivity index (χ4n) is 3.64. The third kappa shape index (κ3) is 4.71. The lowest BCUT2D eigenvalue weighted by Gasteiger charge is -2.19. The molecule has 33 heavy (non-hydrogen) atoms. The number of hydrogen-bond acceptors (Lipinski definition) is 6. The fourth-order valence-corrected chi connectivity index (χ4v) is 4.77. The van der Waals surface area contributed by atoms with Crippen molar-refractivity contribution >= 4 is 55.8 Å². The SMILES string of the molecule is C=Cc1c(-c2ccc(F)c3sc(NC(=O)OC(C)(C)C)c(NC)c23)ccc(C(=O)CC)c1N. The summed E-state index contributed by atoms with van der Waals surface area (Å²) in [7, 11) is 1.70. The van der Waals surface area contributed by atoms with Crippen LogP contribution in [-0.2, 0) is 4.74 Å². The Morgan fingerprint density at radius 2 is 1.88 bits per heavy atom. The molecule has 6 nitrogen and oxygen atoms in total. The summed E-state index contributed by atoms with van der Waals surface area (Å²) in [6, 6.07) is 6.51. The highest BCUT2D eigenvalue weighted by Gasteiger charge is 2.24. The van der Waals surface area contributed by atoms with Crippen LogP contribution in [0.4, 0.5) is 25.6 Å². The van der Waals surface area contributed by atoms with Crippen LogP contribution in [0.5, 0.6) is 0 Å². The maximum atomic E-state index is 14.8. The molecule has 3 rings (SSSR count). The number of amides is 1. The van der Waals surface area contributed by atoms with E-state index < -0.39 is 17.5 Å². The number of benzene rings is 2. The molecule has 0 aliphatic carbocycles. The molecule has 2 aromatic carbocycles. The van der Waals surface area contributed by atoms with E-state index in [4.69, 9.17) is 10.5 Å². The van der Waals surface area contributed by atoms with Crippen molar-refractivity contribution in [3.05, 3.63) is 47.8 Å². The van der Waals surface area contributed by atoms with Gasteiger partial charge in [0, 0.05) is 30.0 Å². The largest absolute Gasteiger partial charge is 0.444 e. The molecule has 0 aliphatic rings. The van der Waals surface area contributed by atoms with Gasteiger partial charge in [0.1, 0.15) is 16.4 Å². The molecule has 1 aromatic heterocycles. The molecule has 1 amide bonds. The maximum absolute atomic E-state index is 14.8. The van der Waals surface area contributed by atoms with Gasteiger partial charge in [-0.25, -0.2) is 9.18 Å². The number of fused-ring (bicyclic) bond motifs is 1. The number of ether oxygens (including phenoxy) is 1. The first-order chi connectivity index (χ1) is 15.5. The average Bonchev–Trinajstić information content (AvgIpc) is 3.10. The van der Waals surface area contributed by atoms with Crippen LogP contribution in [0.1, 0.15) is 50.0 Å². The van der Waals surface area contributed by atoms with Crippen molar-refractivity contribution in [2.45, 2.75) is 39.7 Å². The van der Waals surface area contributed by atoms with Crippen molar-refractivity contribution in [1.82, 2.24) is 0 Å². The quantitative estimate of drug-likeness (QED) is 0.269. The Hall–Kier alpha value is -3.39. The zero-order chi connectivity index (χ0) is 24.5. The Morgan fingerprint density at radius 3 is 2.45 bits per heavy atom.